The molecular formula is C24H27N3O5S. The number of fused-ring (bicyclic) bond motifs is 1. The van der Waals surface area contributed by atoms with Crippen molar-refractivity contribution in [1.82, 2.24) is 14.6 Å². The zero-order valence-electron chi connectivity index (χ0n) is 18.3. The molecule has 1 amide bonds. The van der Waals surface area contributed by atoms with Gasteiger partial charge >= 0.3 is 0 Å². The molecular weight excluding hydrogens is 442 g/mol. The Morgan fingerprint density at radius 2 is 1.82 bits per heavy atom. The highest BCUT2D eigenvalue weighted by atomic mass is 32.2. The maximum absolute atomic E-state index is 12.9. The van der Waals surface area contributed by atoms with Gasteiger partial charge in [0.05, 0.1) is 11.0 Å². The zero-order chi connectivity index (χ0) is 22.8. The maximum Gasteiger partial charge on any atom is 0.253 e. The third-order valence-corrected chi connectivity index (χ3v) is 7.82. The fourth-order valence-electron chi connectivity index (χ4n) is 4.44. The lowest BCUT2D eigenvalue weighted by Gasteiger charge is -2.30. The van der Waals surface area contributed by atoms with E-state index in [9.17, 15) is 13.2 Å². The van der Waals surface area contributed by atoms with Crippen LogP contribution in [-0.2, 0) is 14.8 Å². The van der Waals surface area contributed by atoms with E-state index in [1.54, 1.807) is 17.0 Å². The number of piperidine rings is 1. The molecule has 2 aliphatic rings. The summed E-state index contributed by atoms with van der Waals surface area (Å²) < 4.78 is 39.0. The number of likely N-dealkylation sites (tertiary alicyclic amines) is 1. The average Bonchev–Trinajstić information content (AvgIpc) is 3.52. The first kappa shape index (κ1) is 22.1. The van der Waals surface area contributed by atoms with Crippen LogP contribution in [0, 0.1) is 0 Å². The van der Waals surface area contributed by atoms with Crippen molar-refractivity contribution in [3.05, 3.63) is 60.0 Å². The molecule has 0 unspecified atom stereocenters. The molecule has 0 radical (unpaired) electrons. The predicted octanol–water partition coefficient (Wildman–Crippen LogP) is 3.30. The Hall–Kier alpha value is -2.75. The molecule has 3 aromatic rings. The van der Waals surface area contributed by atoms with E-state index in [0.29, 0.717) is 25.3 Å². The van der Waals surface area contributed by atoms with E-state index in [4.69, 9.17) is 9.15 Å². The van der Waals surface area contributed by atoms with Crippen molar-refractivity contribution in [2.75, 3.05) is 26.2 Å². The largest absolute Gasteiger partial charge is 0.440 e. The number of aromatic nitrogens is 1. The van der Waals surface area contributed by atoms with Crippen LogP contribution in [0.5, 0.6) is 0 Å². The molecule has 8 nitrogen and oxygen atoms in total. The minimum atomic E-state index is -3.64. The van der Waals surface area contributed by atoms with Crippen molar-refractivity contribution >= 4 is 27.0 Å². The molecule has 0 bridgehead atoms. The van der Waals surface area contributed by atoms with Gasteiger partial charge in [-0.25, -0.2) is 18.1 Å². The lowest BCUT2D eigenvalue weighted by molar-refractivity contribution is 0.0706. The molecule has 2 fully saturated rings. The monoisotopic (exact) mass is 469 g/mol. The molecule has 9 heteroatoms. The molecule has 1 atom stereocenters. The fourth-order valence-corrected chi connectivity index (χ4v) is 5.51. The van der Waals surface area contributed by atoms with Crippen molar-refractivity contribution in [3.8, 4) is 0 Å². The summed E-state index contributed by atoms with van der Waals surface area (Å²) in [6.45, 7) is 2.14. The summed E-state index contributed by atoms with van der Waals surface area (Å²) in [4.78, 5) is 19.5. The number of hydrogen-bond acceptors (Lipinski definition) is 6. The maximum atomic E-state index is 12.9. The number of rotatable bonds is 6. The second kappa shape index (κ2) is 9.24. The summed E-state index contributed by atoms with van der Waals surface area (Å²) in [5.74, 6) is 0.819. The molecule has 1 aromatic heterocycles. The van der Waals surface area contributed by atoms with E-state index >= 15 is 0 Å². The Kier molecular flexibility index (Phi) is 6.18. The number of benzene rings is 2. The molecule has 2 aromatic carbocycles. The number of amides is 1. The normalized spacial score (nSPS) is 19.9. The van der Waals surface area contributed by atoms with Gasteiger partial charge in [-0.1, -0.05) is 12.1 Å². The van der Waals surface area contributed by atoms with Crippen LogP contribution < -0.4 is 4.72 Å². The van der Waals surface area contributed by atoms with Gasteiger partial charge in [0.2, 0.25) is 10.0 Å². The number of carbonyl (C=O) groups is 1. The summed E-state index contributed by atoms with van der Waals surface area (Å²) in [5.41, 5.74) is 2.12. The van der Waals surface area contributed by atoms with E-state index in [0.717, 1.165) is 42.7 Å². The van der Waals surface area contributed by atoms with E-state index in [2.05, 4.69) is 9.71 Å². The van der Waals surface area contributed by atoms with Crippen molar-refractivity contribution in [3.63, 3.8) is 0 Å². The number of hydrogen-bond donors (Lipinski definition) is 1. The summed E-state index contributed by atoms with van der Waals surface area (Å²) in [7, 11) is -3.64. The van der Waals surface area contributed by atoms with Gasteiger partial charge < -0.3 is 14.1 Å². The first-order valence-corrected chi connectivity index (χ1v) is 12.8. The second-order valence-corrected chi connectivity index (χ2v) is 10.4. The number of para-hydroxylation sites is 2. The number of ether oxygens (including phenoxy) is 1. The van der Waals surface area contributed by atoms with E-state index in [-0.39, 0.29) is 29.4 Å². The van der Waals surface area contributed by atoms with Gasteiger partial charge in [0, 0.05) is 37.7 Å². The summed E-state index contributed by atoms with van der Waals surface area (Å²) in [6, 6.07) is 13.8. The molecule has 2 saturated heterocycles. The number of sulfonamides is 1. The third kappa shape index (κ3) is 4.80. The highest BCUT2D eigenvalue weighted by molar-refractivity contribution is 7.89. The van der Waals surface area contributed by atoms with Crippen molar-refractivity contribution < 1.29 is 22.4 Å². The number of nitrogens with one attached hydrogen (secondary N) is 1. The molecule has 0 spiro atoms. The van der Waals surface area contributed by atoms with Gasteiger partial charge in [-0.05, 0) is 62.1 Å². The Morgan fingerprint density at radius 3 is 2.52 bits per heavy atom. The molecule has 0 saturated carbocycles. The smallest absolute Gasteiger partial charge is 0.253 e. The molecule has 2 aliphatic heterocycles. The van der Waals surface area contributed by atoms with Gasteiger partial charge in [0.1, 0.15) is 5.52 Å². The average molecular weight is 470 g/mol. The van der Waals surface area contributed by atoms with Crippen LogP contribution in [0.2, 0.25) is 0 Å². The molecule has 33 heavy (non-hydrogen) atoms. The van der Waals surface area contributed by atoms with Crippen molar-refractivity contribution in [2.24, 2.45) is 0 Å². The van der Waals surface area contributed by atoms with Crippen molar-refractivity contribution in [2.45, 2.75) is 42.6 Å². The molecule has 3 heterocycles. The third-order valence-electron chi connectivity index (χ3n) is 6.38. The summed E-state index contributed by atoms with van der Waals surface area (Å²) in [5, 5.41) is 0. The van der Waals surface area contributed by atoms with Crippen LogP contribution in [0.3, 0.4) is 0 Å². The Morgan fingerprint density at radius 1 is 1.06 bits per heavy atom. The lowest BCUT2D eigenvalue weighted by Crippen LogP contribution is -2.38. The van der Waals surface area contributed by atoms with Crippen LogP contribution in [0.15, 0.2) is 57.8 Å². The van der Waals surface area contributed by atoms with Crippen LogP contribution in [0.25, 0.3) is 11.1 Å². The summed E-state index contributed by atoms with van der Waals surface area (Å²) in [6.07, 6.45) is 3.29. The van der Waals surface area contributed by atoms with Crippen LogP contribution in [0.1, 0.15) is 47.8 Å². The lowest BCUT2D eigenvalue weighted by atomic mass is 9.96. The highest BCUT2D eigenvalue weighted by Crippen LogP contribution is 2.30. The highest BCUT2D eigenvalue weighted by Gasteiger charge is 2.28. The zero-order valence-corrected chi connectivity index (χ0v) is 19.1. The Bertz CT molecular complexity index is 1190. The quantitative estimate of drug-likeness (QED) is 0.594. The number of oxazole rings is 1. The molecule has 5 rings (SSSR count). The first-order valence-electron chi connectivity index (χ1n) is 11.4. The minimum absolute atomic E-state index is 0.0710. The molecule has 1 N–H and O–H groups in total. The van der Waals surface area contributed by atoms with Crippen LogP contribution in [0.4, 0.5) is 0 Å². The van der Waals surface area contributed by atoms with Crippen LogP contribution in [-0.4, -0.2) is 56.6 Å². The molecule has 0 aliphatic carbocycles. The van der Waals surface area contributed by atoms with Crippen LogP contribution >= 0.6 is 0 Å². The first-order chi connectivity index (χ1) is 16.0. The minimum Gasteiger partial charge on any atom is -0.440 e. The topological polar surface area (TPSA) is 102 Å². The van der Waals surface area contributed by atoms with Gasteiger partial charge in [-0.15, -0.1) is 0 Å². The van der Waals surface area contributed by atoms with Gasteiger partial charge in [0.25, 0.3) is 5.91 Å². The molecule has 174 valence electrons. The van der Waals surface area contributed by atoms with E-state index in [1.807, 2.05) is 24.3 Å². The van der Waals surface area contributed by atoms with Gasteiger partial charge in [-0.2, -0.15) is 0 Å². The van der Waals surface area contributed by atoms with Gasteiger partial charge in [0.15, 0.2) is 11.5 Å². The number of carbonyl (C=O) groups excluding carboxylic acids is 1. The predicted molar refractivity (Wildman–Crippen MR) is 122 cm³/mol. The van der Waals surface area contributed by atoms with Gasteiger partial charge in [-0.3, -0.25) is 4.79 Å². The van der Waals surface area contributed by atoms with Crippen molar-refractivity contribution in [1.29, 1.82) is 0 Å². The summed E-state index contributed by atoms with van der Waals surface area (Å²) >= 11 is 0. The fraction of sp³-hybridized carbons (Fsp3) is 0.417. The Labute approximate surface area is 193 Å². The SMILES string of the molecule is O=C(c1ccc(S(=O)(=O)NC[C@@H]2CCCO2)cc1)N1CCC(c2nc3ccccc3o2)CC1. The Balaban J connectivity index is 1.18. The second-order valence-electron chi connectivity index (χ2n) is 8.60. The van der Waals surface area contributed by atoms with E-state index in [1.165, 1.54) is 12.1 Å². The number of nitrogens with zero attached hydrogens (tertiary/aromatic N) is 2. The van der Waals surface area contributed by atoms with E-state index < -0.39 is 10.0 Å². The standard InChI is InChI=1S/C24H27N3O5S/c28-24(18-7-9-20(10-8-18)33(29,30)25-16-19-4-3-15-31-19)27-13-11-17(12-14-27)23-26-21-5-1-2-6-22(21)32-23/h1-2,5-10,17,19,25H,3-4,11-16H2/t19-/m0/s1.